The number of aromatic nitrogens is 1. The highest BCUT2D eigenvalue weighted by Crippen LogP contribution is 2.34. The quantitative estimate of drug-likeness (QED) is 0.541. The highest BCUT2D eigenvalue weighted by molar-refractivity contribution is 7.91. The van der Waals surface area contributed by atoms with E-state index < -0.39 is 39.1 Å². The van der Waals surface area contributed by atoms with Gasteiger partial charge in [-0.05, 0) is 35.2 Å². The van der Waals surface area contributed by atoms with Crippen molar-refractivity contribution < 1.29 is 18.0 Å². The van der Waals surface area contributed by atoms with E-state index in [0.29, 0.717) is 5.56 Å². The minimum absolute atomic E-state index is 0.147. The molecule has 2 atom stereocenters. The number of likely N-dealkylation sites (tertiary alicyclic amines) is 1. The van der Waals surface area contributed by atoms with Gasteiger partial charge in [-0.15, -0.1) is 0 Å². The first-order chi connectivity index (χ1) is 15.8. The fourth-order valence-electron chi connectivity index (χ4n) is 4.14. The summed E-state index contributed by atoms with van der Waals surface area (Å²) in [5.74, 6) is -1.14. The highest BCUT2D eigenvalue weighted by Gasteiger charge is 2.55. The van der Waals surface area contributed by atoms with E-state index in [2.05, 4.69) is 10.3 Å². The number of β-lactam (4-membered cyclic amide) rings is 1. The third kappa shape index (κ3) is 4.73. The lowest BCUT2D eigenvalue weighted by Gasteiger charge is -2.44. The van der Waals surface area contributed by atoms with Gasteiger partial charge in [0.25, 0.3) is 0 Å². The second kappa shape index (κ2) is 9.03. The number of nitrogens with one attached hydrogen (secondary N) is 1. The average molecular weight is 465 g/mol. The molecule has 2 heterocycles. The number of carbonyl (C=O) groups excluding carboxylic acids is 2. The van der Waals surface area contributed by atoms with Crippen LogP contribution >= 0.6 is 0 Å². The molecule has 0 unspecified atom stereocenters. The standard InChI is InChI=1S/C24H24N4O4S/c1-33(31,32)23-19(14-16-12-13-26-20(25)15-16)22(29)28(23)24(30)27-21(17-8-4-2-5-9-17)18-10-6-3-7-11-18/h2-13,15,19,21,23H,14H2,1H3,(H2,25,26)(H,27,30)/t19-,23+/m0/s1. The maximum Gasteiger partial charge on any atom is 0.326 e. The summed E-state index contributed by atoms with van der Waals surface area (Å²) in [5.41, 5.74) is 8.00. The molecule has 1 saturated heterocycles. The first-order valence-corrected chi connectivity index (χ1v) is 12.3. The van der Waals surface area contributed by atoms with Crippen LogP contribution in [-0.2, 0) is 21.1 Å². The van der Waals surface area contributed by atoms with Crippen LogP contribution in [-0.4, -0.2) is 41.9 Å². The smallest absolute Gasteiger partial charge is 0.326 e. The molecule has 1 aliphatic heterocycles. The molecule has 0 aliphatic carbocycles. The number of rotatable bonds is 6. The maximum absolute atomic E-state index is 13.2. The van der Waals surface area contributed by atoms with Crippen LogP contribution in [0.25, 0.3) is 0 Å². The summed E-state index contributed by atoms with van der Waals surface area (Å²) in [4.78, 5) is 30.9. The lowest BCUT2D eigenvalue weighted by Crippen LogP contribution is -2.68. The van der Waals surface area contributed by atoms with Crippen LogP contribution in [0.5, 0.6) is 0 Å². The normalized spacial score (nSPS) is 18.1. The van der Waals surface area contributed by atoms with Crippen molar-refractivity contribution in [3.05, 3.63) is 95.7 Å². The van der Waals surface area contributed by atoms with Gasteiger partial charge in [-0.25, -0.2) is 23.1 Å². The molecule has 1 aromatic heterocycles. The molecule has 2 aromatic carbocycles. The number of nitrogens with zero attached hydrogens (tertiary/aromatic N) is 2. The largest absolute Gasteiger partial charge is 0.384 e. The molecule has 33 heavy (non-hydrogen) atoms. The Morgan fingerprint density at radius 2 is 1.64 bits per heavy atom. The van der Waals surface area contributed by atoms with Crippen molar-refractivity contribution >= 4 is 27.6 Å². The van der Waals surface area contributed by atoms with Gasteiger partial charge in [0, 0.05) is 12.5 Å². The van der Waals surface area contributed by atoms with Crippen LogP contribution in [0.3, 0.4) is 0 Å². The van der Waals surface area contributed by atoms with Gasteiger partial charge < -0.3 is 11.1 Å². The molecule has 8 nitrogen and oxygen atoms in total. The lowest BCUT2D eigenvalue weighted by atomic mass is 9.91. The summed E-state index contributed by atoms with van der Waals surface area (Å²) < 4.78 is 25.1. The second-order valence-corrected chi connectivity index (χ2v) is 10.2. The number of hydrogen-bond donors (Lipinski definition) is 2. The molecule has 3 N–H and O–H groups in total. The van der Waals surface area contributed by atoms with Gasteiger partial charge in [0.1, 0.15) is 5.82 Å². The van der Waals surface area contributed by atoms with Crippen molar-refractivity contribution in [1.82, 2.24) is 15.2 Å². The Morgan fingerprint density at radius 1 is 1.06 bits per heavy atom. The summed E-state index contributed by atoms with van der Waals surface area (Å²) in [7, 11) is -3.74. The predicted octanol–water partition coefficient (Wildman–Crippen LogP) is 2.53. The molecule has 0 spiro atoms. The monoisotopic (exact) mass is 464 g/mol. The third-order valence-corrected chi connectivity index (χ3v) is 7.06. The summed E-state index contributed by atoms with van der Waals surface area (Å²) >= 11 is 0. The van der Waals surface area contributed by atoms with E-state index >= 15 is 0 Å². The van der Waals surface area contributed by atoms with Gasteiger partial charge in [0.05, 0.1) is 12.0 Å². The number of carbonyl (C=O) groups is 2. The molecule has 1 aliphatic rings. The minimum Gasteiger partial charge on any atom is -0.384 e. The van der Waals surface area contributed by atoms with Gasteiger partial charge in [0.2, 0.25) is 5.91 Å². The Kier molecular flexibility index (Phi) is 6.15. The zero-order valence-corrected chi connectivity index (χ0v) is 18.8. The Morgan fingerprint density at radius 3 is 2.15 bits per heavy atom. The van der Waals surface area contributed by atoms with Crippen LogP contribution in [0.1, 0.15) is 22.7 Å². The fourth-order valence-corrected chi connectivity index (χ4v) is 5.53. The molecule has 3 amide bonds. The molecule has 1 fully saturated rings. The Balaban J connectivity index is 1.60. The number of sulfone groups is 1. The van der Waals surface area contributed by atoms with Crippen molar-refractivity contribution in [2.75, 3.05) is 12.0 Å². The summed E-state index contributed by atoms with van der Waals surface area (Å²) in [6.45, 7) is 0. The van der Waals surface area contributed by atoms with E-state index in [1.165, 1.54) is 6.20 Å². The zero-order valence-electron chi connectivity index (χ0n) is 18.0. The Labute approximate surface area is 192 Å². The Bertz CT molecular complexity index is 1230. The number of amides is 3. The summed E-state index contributed by atoms with van der Waals surface area (Å²) in [6.07, 6.45) is 2.68. The molecule has 170 valence electrons. The Hall–Kier alpha value is -3.72. The highest BCUT2D eigenvalue weighted by atomic mass is 32.2. The van der Waals surface area contributed by atoms with E-state index in [-0.39, 0.29) is 12.2 Å². The van der Waals surface area contributed by atoms with Gasteiger partial charge in [-0.2, -0.15) is 0 Å². The average Bonchev–Trinajstić information content (AvgIpc) is 2.79. The van der Waals surface area contributed by atoms with Crippen LogP contribution in [0.2, 0.25) is 0 Å². The van der Waals surface area contributed by atoms with Crippen molar-refractivity contribution in [3.8, 4) is 0 Å². The van der Waals surface area contributed by atoms with E-state index in [0.717, 1.165) is 22.3 Å². The lowest BCUT2D eigenvalue weighted by molar-refractivity contribution is -0.145. The number of urea groups is 1. The van der Waals surface area contributed by atoms with Crippen LogP contribution < -0.4 is 11.1 Å². The second-order valence-electron chi connectivity index (χ2n) is 8.03. The molecular formula is C24H24N4O4S. The van der Waals surface area contributed by atoms with Gasteiger partial charge >= 0.3 is 6.03 Å². The molecule has 4 rings (SSSR count). The van der Waals surface area contributed by atoms with E-state index in [1.54, 1.807) is 12.1 Å². The number of imide groups is 1. The first kappa shape index (κ1) is 22.5. The molecular weight excluding hydrogens is 440 g/mol. The van der Waals surface area contributed by atoms with E-state index in [9.17, 15) is 18.0 Å². The summed E-state index contributed by atoms with van der Waals surface area (Å²) in [6, 6.07) is 20.5. The molecule has 3 aromatic rings. The topological polar surface area (TPSA) is 122 Å². The SMILES string of the molecule is CS(=O)(=O)[C@@H]1[C@@H](Cc2ccnc(N)c2)C(=O)N1C(=O)NC(c1ccccc1)c1ccccc1. The fraction of sp³-hybridized carbons (Fsp3) is 0.208. The zero-order chi connectivity index (χ0) is 23.6. The number of benzene rings is 2. The van der Waals surface area contributed by atoms with Gasteiger partial charge in [0.15, 0.2) is 15.2 Å². The van der Waals surface area contributed by atoms with Gasteiger partial charge in [-0.3, -0.25) is 4.79 Å². The predicted molar refractivity (Wildman–Crippen MR) is 125 cm³/mol. The number of hydrogen-bond acceptors (Lipinski definition) is 6. The van der Waals surface area contributed by atoms with Crippen LogP contribution in [0, 0.1) is 5.92 Å². The molecule has 9 heteroatoms. The molecule has 0 saturated carbocycles. The molecule has 0 radical (unpaired) electrons. The van der Waals surface area contributed by atoms with Crippen molar-refractivity contribution in [2.45, 2.75) is 17.8 Å². The van der Waals surface area contributed by atoms with Crippen LogP contribution in [0.15, 0.2) is 79.0 Å². The third-order valence-electron chi connectivity index (χ3n) is 5.65. The minimum atomic E-state index is -3.74. The number of anilines is 1. The number of nitrogens with two attached hydrogens (primary N) is 1. The van der Waals surface area contributed by atoms with E-state index in [4.69, 9.17) is 5.73 Å². The van der Waals surface area contributed by atoms with E-state index in [1.807, 2.05) is 60.7 Å². The maximum atomic E-state index is 13.2. The van der Waals surface area contributed by atoms with Crippen molar-refractivity contribution in [1.29, 1.82) is 0 Å². The first-order valence-electron chi connectivity index (χ1n) is 10.4. The van der Waals surface area contributed by atoms with Crippen LogP contribution in [0.4, 0.5) is 10.6 Å². The number of pyridine rings is 1. The van der Waals surface area contributed by atoms with Crippen molar-refractivity contribution in [2.24, 2.45) is 5.92 Å². The number of nitrogen functional groups attached to an aromatic ring is 1. The van der Waals surface area contributed by atoms with Crippen molar-refractivity contribution in [3.63, 3.8) is 0 Å². The van der Waals surface area contributed by atoms with Gasteiger partial charge in [-0.1, -0.05) is 60.7 Å². The molecule has 0 bridgehead atoms. The summed E-state index contributed by atoms with van der Waals surface area (Å²) in [5, 5.41) is 1.59.